The molecule has 0 aliphatic carbocycles. The molecule has 0 aromatic rings. The first-order chi connectivity index (χ1) is 4.33. The third kappa shape index (κ3) is 4.26. The molecule has 0 aliphatic heterocycles. The van der Waals surface area contributed by atoms with Gasteiger partial charge in [0.2, 0.25) is 0 Å². The van der Waals surface area contributed by atoms with Crippen molar-refractivity contribution in [3.63, 3.8) is 0 Å². The van der Waals surface area contributed by atoms with E-state index in [1.807, 2.05) is 0 Å². The molecule has 0 rings (SSSR count). The quantitative estimate of drug-likeness (QED) is 0.643. The zero-order valence-electron chi connectivity index (χ0n) is 6.22. The molecule has 10 heavy (non-hydrogen) atoms. The fourth-order valence-electron chi connectivity index (χ4n) is 0.361. The number of rotatable bonds is 2. The van der Waals surface area contributed by atoms with Gasteiger partial charge < -0.3 is 9.84 Å². The average molecular weight is 150 g/mol. The highest BCUT2D eigenvalue weighted by Crippen LogP contribution is 2.11. The van der Waals surface area contributed by atoms with Gasteiger partial charge in [-0.1, -0.05) is 0 Å². The Morgan fingerprint density at radius 1 is 1.60 bits per heavy atom. The predicted octanol–water partition coefficient (Wildman–Crippen LogP) is 1.18. The minimum Gasteiger partial charge on any atom is -0.477 e. The lowest BCUT2D eigenvalue weighted by Gasteiger charge is -2.19. The minimum atomic E-state index is -2.22. The van der Waals surface area contributed by atoms with Gasteiger partial charge in [-0.2, -0.15) is 0 Å². The molecule has 4 heteroatoms. The Morgan fingerprint density at radius 3 is 2.10 bits per heavy atom. The van der Waals surface area contributed by atoms with E-state index in [1.165, 1.54) is 0 Å². The number of halogens is 1. The van der Waals surface area contributed by atoms with Crippen molar-refractivity contribution in [3.05, 3.63) is 0 Å². The molecule has 0 saturated carbocycles. The van der Waals surface area contributed by atoms with Gasteiger partial charge in [0.05, 0.1) is 5.60 Å². The number of carboxylic acid groups (broad SMARTS) is 1. The maximum absolute atomic E-state index is 12.2. The Hall–Kier alpha value is -0.640. The zero-order valence-corrected chi connectivity index (χ0v) is 6.22. The van der Waals surface area contributed by atoms with Crippen LogP contribution in [0.4, 0.5) is 4.39 Å². The van der Waals surface area contributed by atoms with Gasteiger partial charge in [0.15, 0.2) is 0 Å². The highest BCUT2D eigenvalue weighted by atomic mass is 19.1. The summed E-state index contributed by atoms with van der Waals surface area (Å²) in [6.45, 7) is 4.76. The van der Waals surface area contributed by atoms with E-state index in [1.54, 1.807) is 20.8 Å². The lowest BCUT2D eigenvalue weighted by Crippen LogP contribution is -2.29. The first-order valence-electron chi connectivity index (χ1n) is 2.87. The number of aliphatic carboxylic acids is 1. The van der Waals surface area contributed by atoms with Gasteiger partial charge in [-0.25, -0.2) is 9.18 Å². The Bertz CT molecular complexity index is 127. The van der Waals surface area contributed by atoms with E-state index in [0.717, 1.165) is 0 Å². The van der Waals surface area contributed by atoms with Gasteiger partial charge in [-0.05, 0) is 20.8 Å². The number of hydrogen-bond acceptors (Lipinski definition) is 2. The third-order valence-corrected chi connectivity index (χ3v) is 0.651. The van der Waals surface area contributed by atoms with Crippen LogP contribution in [0.15, 0.2) is 0 Å². The fraction of sp³-hybridized carbons (Fsp3) is 0.833. The van der Waals surface area contributed by atoms with Gasteiger partial charge in [0, 0.05) is 0 Å². The van der Waals surface area contributed by atoms with Gasteiger partial charge in [-0.15, -0.1) is 0 Å². The molecule has 0 fully saturated rings. The number of carbonyl (C=O) groups is 1. The van der Waals surface area contributed by atoms with Crippen molar-refractivity contribution in [2.24, 2.45) is 0 Å². The zero-order chi connectivity index (χ0) is 8.36. The van der Waals surface area contributed by atoms with Crippen molar-refractivity contribution in [3.8, 4) is 0 Å². The summed E-state index contributed by atoms with van der Waals surface area (Å²) in [7, 11) is 0. The van der Waals surface area contributed by atoms with E-state index in [-0.39, 0.29) is 0 Å². The molecule has 0 aliphatic rings. The molecule has 1 atom stereocenters. The van der Waals surface area contributed by atoms with E-state index in [2.05, 4.69) is 4.74 Å². The topological polar surface area (TPSA) is 46.5 Å². The van der Waals surface area contributed by atoms with Gasteiger partial charge >= 0.3 is 5.97 Å². The molecule has 0 heterocycles. The maximum atomic E-state index is 12.2. The van der Waals surface area contributed by atoms with E-state index in [4.69, 9.17) is 5.11 Å². The molecule has 0 radical (unpaired) electrons. The molecule has 60 valence electrons. The SMILES string of the molecule is CC(C)(C)OC(F)C(=O)O. The molecule has 0 spiro atoms. The van der Waals surface area contributed by atoms with Crippen molar-refractivity contribution < 1.29 is 19.0 Å². The highest BCUT2D eigenvalue weighted by molar-refractivity contribution is 5.70. The number of alkyl halides is 1. The molecule has 1 N–H and O–H groups in total. The van der Waals surface area contributed by atoms with Crippen molar-refractivity contribution in [2.75, 3.05) is 0 Å². The number of ether oxygens (including phenoxy) is 1. The lowest BCUT2D eigenvalue weighted by atomic mass is 10.2. The lowest BCUT2D eigenvalue weighted by molar-refractivity contribution is -0.179. The summed E-state index contributed by atoms with van der Waals surface area (Å²) in [5.41, 5.74) is -0.752. The summed E-state index contributed by atoms with van der Waals surface area (Å²) in [6, 6.07) is 0. The van der Waals surface area contributed by atoms with Crippen molar-refractivity contribution in [1.29, 1.82) is 0 Å². The second-order valence-corrected chi connectivity index (χ2v) is 2.88. The van der Waals surface area contributed by atoms with Crippen LogP contribution in [0.3, 0.4) is 0 Å². The normalized spacial score (nSPS) is 14.8. The van der Waals surface area contributed by atoms with E-state index in [0.29, 0.717) is 0 Å². The Balaban J connectivity index is 3.80. The first kappa shape index (κ1) is 9.36. The second-order valence-electron chi connectivity index (χ2n) is 2.88. The van der Waals surface area contributed by atoms with Crippen molar-refractivity contribution >= 4 is 5.97 Å². The van der Waals surface area contributed by atoms with Gasteiger partial charge in [0.25, 0.3) is 6.36 Å². The summed E-state index contributed by atoms with van der Waals surface area (Å²) < 4.78 is 16.6. The molecular formula is C6H11FO3. The number of hydrogen-bond donors (Lipinski definition) is 1. The van der Waals surface area contributed by atoms with E-state index < -0.39 is 17.9 Å². The van der Waals surface area contributed by atoms with Crippen LogP contribution in [0.5, 0.6) is 0 Å². The van der Waals surface area contributed by atoms with Crippen molar-refractivity contribution in [2.45, 2.75) is 32.7 Å². The largest absolute Gasteiger partial charge is 0.477 e. The average Bonchev–Trinajstić information content (AvgIpc) is 1.60. The van der Waals surface area contributed by atoms with E-state index in [9.17, 15) is 9.18 Å². The smallest absolute Gasteiger partial charge is 0.366 e. The summed E-state index contributed by atoms with van der Waals surface area (Å²) in [5, 5.41) is 8.05. The summed E-state index contributed by atoms with van der Waals surface area (Å²) in [4.78, 5) is 9.88. The van der Waals surface area contributed by atoms with Crippen LogP contribution in [-0.4, -0.2) is 23.0 Å². The second kappa shape index (κ2) is 2.96. The third-order valence-electron chi connectivity index (χ3n) is 0.651. The standard InChI is InChI=1S/C6H11FO3/c1-6(2,3)10-4(7)5(8)9/h4H,1-3H3,(H,8,9). The van der Waals surface area contributed by atoms with Crippen LogP contribution in [0.2, 0.25) is 0 Å². The molecule has 0 saturated heterocycles. The molecule has 0 aromatic carbocycles. The van der Waals surface area contributed by atoms with Gasteiger partial charge in [-0.3, -0.25) is 0 Å². The Kier molecular flexibility index (Phi) is 2.77. The van der Waals surface area contributed by atoms with Gasteiger partial charge in [0.1, 0.15) is 0 Å². The van der Waals surface area contributed by atoms with Crippen LogP contribution < -0.4 is 0 Å². The summed E-state index contributed by atoms with van der Waals surface area (Å²) >= 11 is 0. The molecule has 3 nitrogen and oxygen atoms in total. The fourth-order valence-corrected chi connectivity index (χ4v) is 0.361. The Morgan fingerprint density at radius 2 is 2.00 bits per heavy atom. The van der Waals surface area contributed by atoms with Crippen LogP contribution in [-0.2, 0) is 9.53 Å². The summed E-state index contributed by atoms with van der Waals surface area (Å²) in [5.74, 6) is -1.59. The predicted molar refractivity (Wildman–Crippen MR) is 33.4 cm³/mol. The molecular weight excluding hydrogens is 139 g/mol. The molecule has 1 unspecified atom stereocenters. The molecule has 0 bridgehead atoms. The highest BCUT2D eigenvalue weighted by Gasteiger charge is 2.23. The Labute approximate surface area is 58.8 Å². The molecule has 0 aromatic heterocycles. The van der Waals surface area contributed by atoms with Crippen molar-refractivity contribution in [1.82, 2.24) is 0 Å². The monoisotopic (exact) mass is 150 g/mol. The van der Waals surface area contributed by atoms with Crippen LogP contribution in [0, 0.1) is 0 Å². The van der Waals surface area contributed by atoms with Crippen LogP contribution in [0.1, 0.15) is 20.8 Å². The van der Waals surface area contributed by atoms with Crippen LogP contribution >= 0.6 is 0 Å². The van der Waals surface area contributed by atoms with E-state index >= 15 is 0 Å². The minimum absolute atomic E-state index is 0.752. The first-order valence-corrected chi connectivity index (χ1v) is 2.87. The van der Waals surface area contributed by atoms with Crippen LogP contribution in [0.25, 0.3) is 0 Å². The maximum Gasteiger partial charge on any atom is 0.366 e. The summed E-state index contributed by atoms with van der Waals surface area (Å²) in [6.07, 6.45) is -2.22. The molecule has 0 amide bonds. The number of carboxylic acids is 1.